The number of allylic oxidation sites excluding steroid dienone is 9. The van der Waals surface area contributed by atoms with Gasteiger partial charge in [-0.1, -0.05) is 6.08 Å². The van der Waals surface area contributed by atoms with Crippen molar-refractivity contribution in [1.82, 2.24) is 0 Å². The van der Waals surface area contributed by atoms with E-state index in [-0.39, 0.29) is 17.3 Å². The van der Waals surface area contributed by atoms with Gasteiger partial charge in [0.1, 0.15) is 0 Å². The summed E-state index contributed by atoms with van der Waals surface area (Å²) in [5, 5.41) is 27.7. The zero-order valence-corrected chi connectivity index (χ0v) is 9.04. The molecule has 0 aromatic rings. The fraction of sp³-hybridized carbons (Fsp3) is 0. The molecule has 0 bridgehead atoms. The van der Waals surface area contributed by atoms with Crippen LogP contribution in [0.25, 0.3) is 0 Å². The van der Waals surface area contributed by atoms with E-state index in [0.29, 0.717) is 5.57 Å². The molecule has 0 unspecified atom stereocenters. The molecule has 0 aromatic carbocycles. The fourth-order valence-corrected chi connectivity index (χ4v) is 1.49. The second kappa shape index (κ2) is 4.61. The molecule has 2 rings (SSSR count). The van der Waals surface area contributed by atoms with E-state index in [9.17, 15) is 10.2 Å². The van der Waals surface area contributed by atoms with E-state index in [4.69, 9.17) is 5.11 Å². The Morgan fingerprint density at radius 3 is 2.29 bits per heavy atom. The van der Waals surface area contributed by atoms with Gasteiger partial charge in [-0.25, -0.2) is 0 Å². The maximum atomic E-state index is 9.30. The topological polar surface area (TPSA) is 60.7 Å². The summed E-state index contributed by atoms with van der Waals surface area (Å²) in [6.45, 7) is 0. The van der Waals surface area contributed by atoms with Gasteiger partial charge in [-0.05, 0) is 0 Å². The van der Waals surface area contributed by atoms with E-state index in [0.717, 1.165) is 5.57 Å². The zero-order valence-electron chi connectivity index (χ0n) is 9.04. The predicted molar refractivity (Wildman–Crippen MR) is 66.0 cm³/mol. The van der Waals surface area contributed by atoms with Crippen molar-refractivity contribution >= 4 is 0 Å². The van der Waals surface area contributed by atoms with Gasteiger partial charge in [0.15, 0.2) is 0 Å². The molecule has 17 heavy (non-hydrogen) atoms. The van der Waals surface area contributed by atoms with E-state index < -0.39 is 0 Å². The minimum atomic E-state index is 0.0235. The maximum Gasteiger partial charge on any atom is 0.0382 e. The molecule has 0 aliphatic heterocycles. The molecule has 0 saturated carbocycles. The fourth-order valence-electron chi connectivity index (χ4n) is 1.49. The van der Waals surface area contributed by atoms with Gasteiger partial charge in [-0.3, -0.25) is 0 Å². The molecule has 88 valence electrons. The lowest BCUT2D eigenvalue weighted by Crippen LogP contribution is -1.95. The molecule has 0 heterocycles. The summed E-state index contributed by atoms with van der Waals surface area (Å²) in [4.78, 5) is 0. The summed E-state index contributed by atoms with van der Waals surface area (Å²) in [6.07, 6.45) is 14.7. The third kappa shape index (κ3) is 3.01. The summed E-state index contributed by atoms with van der Waals surface area (Å²) >= 11 is 0. The largest absolute Gasteiger partial charge is 0.551 e. The Balaban J connectivity index is 2.10. The van der Waals surface area contributed by atoms with Crippen LogP contribution in [-0.4, -0.2) is 15.3 Å². The average Bonchev–Trinajstić information content (AvgIpc) is 2.27. The van der Waals surface area contributed by atoms with Gasteiger partial charge >= 0.3 is 0 Å². The quantitative estimate of drug-likeness (QED) is 0.604. The van der Waals surface area contributed by atoms with Crippen molar-refractivity contribution in [2.75, 3.05) is 0 Å². The molecule has 0 atom stereocenters. The molecule has 0 aromatic heterocycles. The monoisotopic (exact) mass is 228 g/mol. The number of hydrogen-bond acceptors (Lipinski definition) is 3. The van der Waals surface area contributed by atoms with Crippen LogP contribution in [0.3, 0.4) is 0 Å². The summed E-state index contributed by atoms with van der Waals surface area (Å²) in [6, 6.07) is 0. The normalized spacial score (nSPS) is 23.6. The molecule has 0 saturated heterocycles. The Morgan fingerprint density at radius 2 is 1.65 bits per heavy atom. The average molecular weight is 228 g/mol. The molecule has 2 aliphatic rings. The van der Waals surface area contributed by atoms with Crippen LogP contribution < -0.4 is 0 Å². The van der Waals surface area contributed by atoms with Crippen LogP contribution in [0.15, 0.2) is 71.0 Å². The Labute approximate surface area is 99.7 Å². The van der Waals surface area contributed by atoms with E-state index in [2.05, 4.69) is 0 Å². The third-order valence-electron chi connectivity index (χ3n) is 2.29. The van der Waals surface area contributed by atoms with Gasteiger partial charge < -0.3 is 15.3 Å². The molecule has 0 spiro atoms. The van der Waals surface area contributed by atoms with Crippen LogP contribution in [0.4, 0.5) is 0 Å². The number of hydrogen-bond donors (Lipinski definition) is 3. The van der Waals surface area contributed by atoms with E-state index in [1.54, 1.807) is 43.2 Å². The van der Waals surface area contributed by atoms with Crippen molar-refractivity contribution in [2.24, 2.45) is 0 Å². The number of rotatable bonds is 1. The summed E-state index contributed by atoms with van der Waals surface area (Å²) in [5.41, 5.74) is 1.63. The molecule has 3 nitrogen and oxygen atoms in total. The number of aliphatic hydroxyl groups is 3. The van der Waals surface area contributed by atoms with Gasteiger partial charge in [-0.15, -0.1) is 37.1 Å². The molecule has 3 N–H and O–H groups in total. The SMILES string of the molecule is OC1=C[CH-]/C(=C/C=C2/C=C(O)C=C(O)[CH-]2)C=C1. The maximum absolute atomic E-state index is 9.30. The Kier molecular flexibility index (Phi) is 3.01. The Morgan fingerprint density at radius 1 is 0.882 bits per heavy atom. The summed E-state index contributed by atoms with van der Waals surface area (Å²) in [5.74, 6) is 0.267. The Bertz CT molecular complexity index is 500. The highest BCUT2D eigenvalue weighted by molar-refractivity contribution is 5.48. The first-order valence-electron chi connectivity index (χ1n) is 5.13. The lowest BCUT2D eigenvalue weighted by Gasteiger charge is -2.17. The standard InChI is InChI=1S/C14H12O3/c15-12-5-3-10(4-6-12)1-2-11-7-13(16)9-14(17)8-11/h1-9,15-17H/q-2. The van der Waals surface area contributed by atoms with Crippen molar-refractivity contribution in [3.63, 3.8) is 0 Å². The highest BCUT2D eigenvalue weighted by Gasteiger charge is 1.97. The van der Waals surface area contributed by atoms with Crippen molar-refractivity contribution in [1.29, 1.82) is 0 Å². The molecule has 2 aliphatic carbocycles. The first-order valence-corrected chi connectivity index (χ1v) is 5.13. The van der Waals surface area contributed by atoms with Crippen LogP contribution in [-0.2, 0) is 0 Å². The van der Waals surface area contributed by atoms with Gasteiger partial charge in [0.05, 0.1) is 0 Å². The minimum absolute atomic E-state index is 0.0235. The van der Waals surface area contributed by atoms with Crippen molar-refractivity contribution in [3.8, 4) is 0 Å². The predicted octanol–water partition coefficient (Wildman–Crippen LogP) is 3.16. The van der Waals surface area contributed by atoms with Crippen LogP contribution in [0.5, 0.6) is 0 Å². The van der Waals surface area contributed by atoms with Crippen LogP contribution in [0, 0.1) is 12.8 Å². The first-order chi connectivity index (χ1) is 8.13. The van der Waals surface area contributed by atoms with E-state index >= 15 is 0 Å². The molecular weight excluding hydrogens is 216 g/mol. The molecule has 0 radical (unpaired) electrons. The smallest absolute Gasteiger partial charge is 0.0382 e. The third-order valence-corrected chi connectivity index (χ3v) is 2.29. The lowest BCUT2D eigenvalue weighted by atomic mass is 10.0. The summed E-state index contributed by atoms with van der Waals surface area (Å²) in [7, 11) is 0. The van der Waals surface area contributed by atoms with Gasteiger partial charge in [-0.2, -0.15) is 23.3 Å². The van der Waals surface area contributed by atoms with Crippen LogP contribution in [0.2, 0.25) is 0 Å². The molecular formula is C14H12O3-2. The summed E-state index contributed by atoms with van der Waals surface area (Å²) < 4.78 is 0. The highest BCUT2D eigenvalue weighted by Crippen LogP contribution is 2.19. The minimum Gasteiger partial charge on any atom is -0.551 e. The van der Waals surface area contributed by atoms with Crippen molar-refractivity contribution < 1.29 is 15.3 Å². The molecule has 0 amide bonds. The second-order valence-corrected chi connectivity index (χ2v) is 3.71. The molecule has 0 fully saturated rings. The highest BCUT2D eigenvalue weighted by atomic mass is 16.3. The van der Waals surface area contributed by atoms with Gasteiger partial charge in [0, 0.05) is 17.3 Å². The van der Waals surface area contributed by atoms with Crippen molar-refractivity contribution in [2.45, 2.75) is 0 Å². The van der Waals surface area contributed by atoms with Crippen LogP contribution in [0.1, 0.15) is 0 Å². The lowest BCUT2D eigenvalue weighted by molar-refractivity contribution is 0.394. The van der Waals surface area contributed by atoms with Crippen LogP contribution >= 0.6 is 0 Å². The van der Waals surface area contributed by atoms with Gasteiger partial charge in [0.2, 0.25) is 0 Å². The zero-order chi connectivity index (χ0) is 12.3. The van der Waals surface area contributed by atoms with Gasteiger partial charge in [0.25, 0.3) is 0 Å². The Hall–Kier alpha value is -2.42. The van der Waals surface area contributed by atoms with E-state index in [1.807, 2.05) is 6.08 Å². The second-order valence-electron chi connectivity index (χ2n) is 3.71. The van der Waals surface area contributed by atoms with E-state index in [1.165, 1.54) is 6.08 Å². The molecule has 3 heteroatoms. The first kappa shape index (κ1) is 11.1. The number of aliphatic hydroxyl groups excluding tert-OH is 3. The van der Waals surface area contributed by atoms with Crippen molar-refractivity contribution in [3.05, 3.63) is 83.8 Å².